The molecule has 1 amide bonds. The summed E-state index contributed by atoms with van der Waals surface area (Å²) >= 11 is 0. The van der Waals surface area contributed by atoms with Crippen LogP contribution in [-0.4, -0.2) is 31.5 Å². The number of alkyl halides is 3. The standard InChI is InChI=1S/C13H15F3N2O3/c1-3-9(19)7-18(12(20)13(14,15)16)10-5-4-8(17)6-11(10)21-2/h4-6H,3,7,17H2,1-2H3. The smallest absolute Gasteiger partial charge is 0.471 e. The molecular formula is C13H15F3N2O3. The van der Waals surface area contributed by atoms with Crippen molar-refractivity contribution in [3.8, 4) is 5.75 Å². The first kappa shape index (κ1) is 16.8. The van der Waals surface area contributed by atoms with E-state index in [1.54, 1.807) is 0 Å². The normalized spacial score (nSPS) is 11.1. The minimum atomic E-state index is -5.10. The number of ketones is 1. The fourth-order valence-electron chi connectivity index (χ4n) is 1.62. The Bertz CT molecular complexity index is 544. The highest BCUT2D eigenvalue weighted by molar-refractivity contribution is 6.03. The van der Waals surface area contributed by atoms with Crippen molar-refractivity contribution < 1.29 is 27.5 Å². The number of hydrogen-bond acceptors (Lipinski definition) is 4. The van der Waals surface area contributed by atoms with Gasteiger partial charge in [-0.3, -0.25) is 14.5 Å². The molecule has 0 aliphatic heterocycles. The fourth-order valence-corrected chi connectivity index (χ4v) is 1.62. The van der Waals surface area contributed by atoms with E-state index in [0.29, 0.717) is 4.90 Å². The number of carbonyl (C=O) groups excluding carboxylic acids is 2. The Morgan fingerprint density at radius 3 is 2.43 bits per heavy atom. The van der Waals surface area contributed by atoms with Crippen LogP contribution >= 0.6 is 0 Å². The molecule has 21 heavy (non-hydrogen) atoms. The number of rotatable bonds is 5. The Morgan fingerprint density at radius 1 is 1.33 bits per heavy atom. The number of amides is 1. The van der Waals surface area contributed by atoms with Crippen molar-refractivity contribution in [1.29, 1.82) is 0 Å². The summed E-state index contributed by atoms with van der Waals surface area (Å²) in [7, 11) is 1.23. The predicted molar refractivity (Wildman–Crippen MR) is 71.1 cm³/mol. The van der Waals surface area contributed by atoms with E-state index in [1.807, 2.05) is 0 Å². The first-order valence-corrected chi connectivity index (χ1v) is 6.04. The Labute approximate surface area is 119 Å². The number of nitrogens with two attached hydrogens (primary N) is 1. The number of hydrogen-bond donors (Lipinski definition) is 1. The number of Topliss-reactive ketones (excluding diaryl/α,β-unsaturated/α-hetero) is 1. The van der Waals surface area contributed by atoms with Gasteiger partial charge in [-0.25, -0.2) is 0 Å². The molecule has 0 atom stereocenters. The minimum Gasteiger partial charge on any atom is -0.494 e. The van der Waals surface area contributed by atoms with E-state index in [0.717, 1.165) is 0 Å². The van der Waals surface area contributed by atoms with Gasteiger partial charge in [-0.1, -0.05) is 6.92 Å². The number of carbonyl (C=O) groups is 2. The minimum absolute atomic E-state index is 0.0128. The maximum atomic E-state index is 12.7. The van der Waals surface area contributed by atoms with Crippen LogP contribution in [0.5, 0.6) is 5.75 Å². The van der Waals surface area contributed by atoms with Crippen LogP contribution in [0, 0.1) is 0 Å². The number of ether oxygens (including phenoxy) is 1. The van der Waals surface area contributed by atoms with Crippen LogP contribution in [0.15, 0.2) is 18.2 Å². The molecule has 0 fully saturated rings. The Hall–Kier alpha value is -2.25. The first-order chi connectivity index (χ1) is 9.70. The number of methoxy groups -OCH3 is 1. The van der Waals surface area contributed by atoms with Gasteiger partial charge in [0.05, 0.1) is 19.3 Å². The van der Waals surface area contributed by atoms with Crippen LogP contribution < -0.4 is 15.4 Å². The fraction of sp³-hybridized carbons (Fsp3) is 0.385. The third-order valence-electron chi connectivity index (χ3n) is 2.71. The lowest BCUT2D eigenvalue weighted by atomic mass is 10.2. The summed E-state index contributed by atoms with van der Waals surface area (Å²) in [6, 6.07) is 3.81. The van der Waals surface area contributed by atoms with Crippen LogP contribution in [0.3, 0.4) is 0 Å². The second-order valence-corrected chi connectivity index (χ2v) is 4.21. The molecule has 0 unspecified atom stereocenters. The maximum absolute atomic E-state index is 12.7. The highest BCUT2D eigenvalue weighted by atomic mass is 19.4. The maximum Gasteiger partial charge on any atom is 0.471 e. The molecule has 8 heteroatoms. The van der Waals surface area contributed by atoms with Crippen molar-refractivity contribution in [2.24, 2.45) is 0 Å². The van der Waals surface area contributed by atoms with Crippen molar-refractivity contribution >= 4 is 23.1 Å². The second-order valence-electron chi connectivity index (χ2n) is 4.21. The lowest BCUT2D eigenvalue weighted by Gasteiger charge is -2.25. The number of anilines is 2. The van der Waals surface area contributed by atoms with Crippen molar-refractivity contribution in [3.63, 3.8) is 0 Å². The average molecular weight is 304 g/mol. The van der Waals surface area contributed by atoms with Crippen LogP contribution in [-0.2, 0) is 9.59 Å². The summed E-state index contributed by atoms with van der Waals surface area (Å²) in [5.41, 5.74) is 5.62. The van der Waals surface area contributed by atoms with E-state index in [1.165, 1.54) is 32.2 Å². The molecule has 0 saturated heterocycles. The molecule has 1 rings (SSSR count). The van der Waals surface area contributed by atoms with Gasteiger partial charge in [0.25, 0.3) is 0 Å². The van der Waals surface area contributed by atoms with Crippen LogP contribution in [0.25, 0.3) is 0 Å². The van der Waals surface area contributed by atoms with Gasteiger partial charge in [0.1, 0.15) is 5.75 Å². The summed E-state index contributed by atoms with van der Waals surface area (Å²) in [5.74, 6) is -2.66. The van der Waals surface area contributed by atoms with Gasteiger partial charge < -0.3 is 10.5 Å². The van der Waals surface area contributed by atoms with Gasteiger partial charge in [0.15, 0.2) is 5.78 Å². The third kappa shape index (κ3) is 4.11. The zero-order valence-corrected chi connectivity index (χ0v) is 11.5. The number of nitrogen functional groups attached to an aromatic ring is 1. The highest BCUT2D eigenvalue weighted by Crippen LogP contribution is 2.33. The van der Waals surface area contributed by atoms with E-state index in [4.69, 9.17) is 10.5 Å². The molecule has 0 heterocycles. The average Bonchev–Trinajstić information content (AvgIpc) is 2.42. The van der Waals surface area contributed by atoms with Gasteiger partial charge in [0.2, 0.25) is 0 Å². The molecule has 0 aliphatic rings. The molecule has 0 aliphatic carbocycles. The molecule has 0 aromatic heterocycles. The largest absolute Gasteiger partial charge is 0.494 e. The molecule has 1 aromatic rings. The molecule has 0 bridgehead atoms. The van der Waals surface area contributed by atoms with Gasteiger partial charge in [0, 0.05) is 18.2 Å². The zero-order chi connectivity index (χ0) is 16.2. The number of benzene rings is 1. The molecule has 5 nitrogen and oxygen atoms in total. The Morgan fingerprint density at radius 2 is 1.95 bits per heavy atom. The van der Waals surface area contributed by atoms with E-state index in [-0.39, 0.29) is 23.5 Å². The van der Waals surface area contributed by atoms with Crippen molar-refractivity contribution in [3.05, 3.63) is 18.2 Å². The number of nitrogens with zero attached hydrogens (tertiary/aromatic N) is 1. The van der Waals surface area contributed by atoms with Gasteiger partial charge in [-0.15, -0.1) is 0 Å². The van der Waals surface area contributed by atoms with E-state index in [9.17, 15) is 22.8 Å². The summed E-state index contributed by atoms with van der Waals surface area (Å²) in [5, 5.41) is 0. The summed E-state index contributed by atoms with van der Waals surface area (Å²) in [6.45, 7) is 0.813. The van der Waals surface area contributed by atoms with Crippen LogP contribution in [0.1, 0.15) is 13.3 Å². The lowest BCUT2D eigenvalue weighted by molar-refractivity contribution is -0.170. The quantitative estimate of drug-likeness (QED) is 0.846. The summed E-state index contributed by atoms with van der Waals surface area (Å²) < 4.78 is 43.0. The van der Waals surface area contributed by atoms with Crippen LogP contribution in [0.4, 0.5) is 24.5 Å². The highest BCUT2D eigenvalue weighted by Gasteiger charge is 2.44. The van der Waals surface area contributed by atoms with Gasteiger partial charge in [-0.2, -0.15) is 13.2 Å². The molecule has 116 valence electrons. The Kier molecular flexibility index (Phi) is 5.17. The monoisotopic (exact) mass is 304 g/mol. The molecule has 0 spiro atoms. The van der Waals surface area contributed by atoms with E-state index >= 15 is 0 Å². The molecule has 2 N–H and O–H groups in total. The molecule has 1 aromatic carbocycles. The van der Waals surface area contributed by atoms with Crippen LogP contribution in [0.2, 0.25) is 0 Å². The van der Waals surface area contributed by atoms with E-state index in [2.05, 4.69) is 0 Å². The second kappa shape index (κ2) is 6.47. The first-order valence-electron chi connectivity index (χ1n) is 6.04. The molecular weight excluding hydrogens is 289 g/mol. The summed E-state index contributed by atoms with van der Waals surface area (Å²) in [6.07, 6.45) is -5.08. The summed E-state index contributed by atoms with van der Waals surface area (Å²) in [4.78, 5) is 23.3. The number of halogens is 3. The molecule has 0 radical (unpaired) electrons. The SMILES string of the molecule is CCC(=O)CN(C(=O)C(F)(F)F)c1ccc(N)cc1OC. The van der Waals surface area contributed by atoms with Crippen molar-refractivity contribution in [2.45, 2.75) is 19.5 Å². The topological polar surface area (TPSA) is 72.6 Å². The van der Waals surface area contributed by atoms with Gasteiger partial charge >= 0.3 is 12.1 Å². The van der Waals surface area contributed by atoms with Crippen molar-refractivity contribution in [1.82, 2.24) is 0 Å². The zero-order valence-electron chi connectivity index (χ0n) is 11.5. The predicted octanol–water partition coefficient (Wildman–Crippen LogP) is 2.15. The Balaban J connectivity index is 3.30. The lowest BCUT2D eigenvalue weighted by Crippen LogP contribution is -2.44. The third-order valence-corrected chi connectivity index (χ3v) is 2.71. The van der Waals surface area contributed by atoms with Gasteiger partial charge in [-0.05, 0) is 12.1 Å². The van der Waals surface area contributed by atoms with Crippen molar-refractivity contribution in [2.75, 3.05) is 24.3 Å². The van der Waals surface area contributed by atoms with E-state index < -0.39 is 24.4 Å². The molecule has 0 saturated carbocycles.